The standard InChI is InChI=1S/C13H19N3O5/c1-8(9(2)12(19)20)11(18)15-13(21)14-7-10(17)16-5-3-4-6-16/h3-7H2,1-2H3,(H,19,20)(H2,14,15,18,21). The number of urea groups is 1. The number of hydrogen-bond donors (Lipinski definition) is 3. The summed E-state index contributed by atoms with van der Waals surface area (Å²) >= 11 is 0. The average Bonchev–Trinajstić information content (AvgIpc) is 2.97. The van der Waals surface area contributed by atoms with E-state index in [0.717, 1.165) is 12.8 Å². The quantitative estimate of drug-likeness (QED) is 0.624. The molecule has 0 aliphatic carbocycles. The van der Waals surface area contributed by atoms with Crippen molar-refractivity contribution in [2.24, 2.45) is 0 Å². The molecule has 4 amide bonds. The lowest BCUT2D eigenvalue weighted by atomic mass is 10.1. The third kappa shape index (κ3) is 4.90. The highest BCUT2D eigenvalue weighted by atomic mass is 16.4. The summed E-state index contributed by atoms with van der Waals surface area (Å²) in [5.74, 6) is -2.24. The normalized spacial score (nSPS) is 15.2. The average molecular weight is 297 g/mol. The smallest absolute Gasteiger partial charge is 0.331 e. The van der Waals surface area contributed by atoms with E-state index in [1.54, 1.807) is 4.90 Å². The van der Waals surface area contributed by atoms with E-state index in [2.05, 4.69) is 5.32 Å². The van der Waals surface area contributed by atoms with Gasteiger partial charge in [-0.3, -0.25) is 14.9 Å². The number of nitrogens with one attached hydrogen (secondary N) is 2. The van der Waals surface area contributed by atoms with E-state index in [9.17, 15) is 19.2 Å². The van der Waals surface area contributed by atoms with Crippen LogP contribution in [0.15, 0.2) is 11.1 Å². The Kier molecular flexibility index (Phi) is 5.89. The van der Waals surface area contributed by atoms with Crippen LogP contribution in [0.3, 0.4) is 0 Å². The zero-order valence-electron chi connectivity index (χ0n) is 12.1. The van der Waals surface area contributed by atoms with E-state index >= 15 is 0 Å². The summed E-state index contributed by atoms with van der Waals surface area (Å²) in [6.45, 7) is 3.74. The Bertz CT molecular complexity index is 492. The van der Waals surface area contributed by atoms with Crippen molar-refractivity contribution in [1.82, 2.24) is 15.5 Å². The minimum absolute atomic E-state index is 0.0662. The highest BCUT2D eigenvalue weighted by Gasteiger charge is 2.19. The summed E-state index contributed by atoms with van der Waals surface area (Å²) in [7, 11) is 0. The first-order chi connectivity index (χ1) is 9.82. The summed E-state index contributed by atoms with van der Waals surface area (Å²) in [6.07, 6.45) is 1.91. The molecule has 0 bridgehead atoms. The predicted octanol–water partition coefficient (Wildman–Crippen LogP) is -0.144. The molecule has 1 aliphatic rings. The van der Waals surface area contributed by atoms with Crippen molar-refractivity contribution in [3.8, 4) is 0 Å². The summed E-state index contributed by atoms with van der Waals surface area (Å²) in [6, 6.07) is -0.829. The van der Waals surface area contributed by atoms with Crippen LogP contribution in [0, 0.1) is 0 Å². The number of hydrogen-bond acceptors (Lipinski definition) is 4. The van der Waals surface area contributed by atoms with Gasteiger partial charge >= 0.3 is 12.0 Å². The van der Waals surface area contributed by atoms with Crippen LogP contribution in [0.1, 0.15) is 26.7 Å². The lowest BCUT2D eigenvalue weighted by molar-refractivity contribution is -0.133. The lowest BCUT2D eigenvalue weighted by Gasteiger charge is -2.15. The van der Waals surface area contributed by atoms with Gasteiger partial charge in [0, 0.05) is 24.2 Å². The maximum atomic E-state index is 11.7. The fourth-order valence-corrected chi connectivity index (χ4v) is 1.81. The minimum Gasteiger partial charge on any atom is -0.478 e. The molecule has 0 spiro atoms. The zero-order valence-corrected chi connectivity index (χ0v) is 12.1. The van der Waals surface area contributed by atoms with Gasteiger partial charge in [-0.1, -0.05) is 0 Å². The molecule has 1 aliphatic heterocycles. The largest absolute Gasteiger partial charge is 0.478 e. The van der Waals surface area contributed by atoms with E-state index in [1.807, 2.05) is 5.32 Å². The monoisotopic (exact) mass is 297 g/mol. The number of rotatable bonds is 4. The van der Waals surface area contributed by atoms with Crippen LogP contribution in [-0.2, 0) is 14.4 Å². The molecule has 116 valence electrons. The lowest BCUT2D eigenvalue weighted by Crippen LogP contribution is -2.45. The maximum absolute atomic E-state index is 11.7. The maximum Gasteiger partial charge on any atom is 0.331 e. The number of carbonyl (C=O) groups excluding carboxylic acids is 3. The van der Waals surface area contributed by atoms with E-state index in [1.165, 1.54) is 13.8 Å². The van der Waals surface area contributed by atoms with Gasteiger partial charge in [0.1, 0.15) is 0 Å². The Hall–Kier alpha value is -2.38. The van der Waals surface area contributed by atoms with Gasteiger partial charge in [0.05, 0.1) is 6.54 Å². The van der Waals surface area contributed by atoms with Crippen molar-refractivity contribution in [2.75, 3.05) is 19.6 Å². The molecule has 1 saturated heterocycles. The highest BCUT2D eigenvalue weighted by molar-refractivity contribution is 6.07. The second kappa shape index (κ2) is 7.41. The molecule has 1 heterocycles. The SMILES string of the molecule is CC(C(=O)O)=C(C)C(=O)NC(=O)NCC(=O)N1CCCC1. The Morgan fingerprint density at radius 3 is 2.14 bits per heavy atom. The second-order valence-electron chi connectivity index (χ2n) is 4.78. The van der Waals surface area contributed by atoms with Crippen molar-refractivity contribution in [3.05, 3.63) is 11.1 Å². The summed E-state index contributed by atoms with van der Waals surface area (Å²) in [4.78, 5) is 47.1. The van der Waals surface area contributed by atoms with Crippen LogP contribution in [0.5, 0.6) is 0 Å². The third-order valence-corrected chi connectivity index (χ3v) is 3.31. The molecule has 1 rings (SSSR count). The van der Waals surface area contributed by atoms with Gasteiger partial charge in [-0.25, -0.2) is 9.59 Å². The Labute approximate surface area is 122 Å². The van der Waals surface area contributed by atoms with E-state index in [4.69, 9.17) is 5.11 Å². The number of carboxylic acid groups (broad SMARTS) is 1. The molecule has 0 saturated carbocycles. The molecule has 8 heteroatoms. The van der Waals surface area contributed by atoms with E-state index < -0.39 is 17.9 Å². The molecule has 3 N–H and O–H groups in total. The number of nitrogens with zero attached hydrogens (tertiary/aromatic N) is 1. The number of carboxylic acids is 1. The van der Waals surface area contributed by atoms with Gasteiger partial charge < -0.3 is 15.3 Å². The van der Waals surface area contributed by atoms with Crippen molar-refractivity contribution in [1.29, 1.82) is 0 Å². The second-order valence-corrected chi connectivity index (χ2v) is 4.78. The molecule has 0 unspecified atom stereocenters. The summed E-state index contributed by atoms with van der Waals surface area (Å²) in [5, 5.41) is 13.0. The number of imide groups is 1. The van der Waals surface area contributed by atoms with Crippen LogP contribution in [0.25, 0.3) is 0 Å². The van der Waals surface area contributed by atoms with Crippen LogP contribution in [0.2, 0.25) is 0 Å². The van der Waals surface area contributed by atoms with Crippen LogP contribution in [-0.4, -0.2) is 53.5 Å². The molecular formula is C13H19N3O5. The molecular weight excluding hydrogens is 278 g/mol. The fraction of sp³-hybridized carbons (Fsp3) is 0.538. The number of amides is 4. The molecule has 0 aromatic rings. The molecule has 8 nitrogen and oxygen atoms in total. The van der Waals surface area contributed by atoms with Gasteiger partial charge in [0.15, 0.2) is 0 Å². The first kappa shape index (κ1) is 16.7. The molecule has 0 aromatic heterocycles. The first-order valence-electron chi connectivity index (χ1n) is 6.60. The fourth-order valence-electron chi connectivity index (χ4n) is 1.81. The van der Waals surface area contributed by atoms with Gasteiger partial charge in [-0.05, 0) is 26.7 Å². The van der Waals surface area contributed by atoms with Crippen LogP contribution in [0.4, 0.5) is 4.79 Å². The number of aliphatic carboxylic acids is 1. The van der Waals surface area contributed by atoms with Crippen molar-refractivity contribution in [3.63, 3.8) is 0 Å². The highest BCUT2D eigenvalue weighted by Crippen LogP contribution is 2.06. The zero-order chi connectivity index (χ0) is 16.0. The molecule has 1 fully saturated rings. The summed E-state index contributed by atoms with van der Waals surface area (Å²) < 4.78 is 0. The Morgan fingerprint density at radius 1 is 1.05 bits per heavy atom. The van der Waals surface area contributed by atoms with Gasteiger partial charge in [-0.15, -0.1) is 0 Å². The minimum atomic E-state index is -1.23. The Balaban J connectivity index is 2.43. The van der Waals surface area contributed by atoms with Gasteiger partial charge in [0.2, 0.25) is 5.91 Å². The van der Waals surface area contributed by atoms with Crippen LogP contribution >= 0.6 is 0 Å². The van der Waals surface area contributed by atoms with E-state index in [-0.39, 0.29) is 23.6 Å². The van der Waals surface area contributed by atoms with Crippen molar-refractivity contribution in [2.45, 2.75) is 26.7 Å². The summed E-state index contributed by atoms with van der Waals surface area (Å²) in [5.41, 5.74) is -0.211. The number of carbonyl (C=O) groups is 4. The molecule has 0 aromatic carbocycles. The topological polar surface area (TPSA) is 116 Å². The molecule has 21 heavy (non-hydrogen) atoms. The molecule has 0 radical (unpaired) electrons. The van der Waals surface area contributed by atoms with Gasteiger partial charge in [-0.2, -0.15) is 0 Å². The third-order valence-electron chi connectivity index (χ3n) is 3.31. The van der Waals surface area contributed by atoms with Crippen molar-refractivity contribution >= 4 is 23.8 Å². The Morgan fingerprint density at radius 2 is 1.62 bits per heavy atom. The van der Waals surface area contributed by atoms with Crippen LogP contribution < -0.4 is 10.6 Å². The van der Waals surface area contributed by atoms with Gasteiger partial charge in [0.25, 0.3) is 5.91 Å². The van der Waals surface area contributed by atoms with Crippen molar-refractivity contribution < 1.29 is 24.3 Å². The number of likely N-dealkylation sites (tertiary alicyclic amines) is 1. The first-order valence-corrected chi connectivity index (χ1v) is 6.60. The van der Waals surface area contributed by atoms with E-state index in [0.29, 0.717) is 13.1 Å². The predicted molar refractivity (Wildman–Crippen MR) is 73.4 cm³/mol. The molecule has 0 atom stereocenters.